The van der Waals surface area contributed by atoms with Crippen LogP contribution in [0.15, 0.2) is 54.6 Å². The number of methoxy groups -OCH3 is 1. The van der Waals surface area contributed by atoms with E-state index in [9.17, 15) is 13.2 Å². The molecule has 1 atom stereocenters. The smallest absolute Gasteiger partial charge is 0.244 e. The van der Waals surface area contributed by atoms with Gasteiger partial charge in [-0.3, -0.25) is 9.69 Å². The summed E-state index contributed by atoms with van der Waals surface area (Å²) in [5.41, 5.74) is 2.01. The van der Waals surface area contributed by atoms with Gasteiger partial charge in [0.1, 0.15) is 11.8 Å². The van der Waals surface area contributed by atoms with Crippen LogP contribution in [0.3, 0.4) is 0 Å². The van der Waals surface area contributed by atoms with E-state index in [0.717, 1.165) is 30.1 Å². The van der Waals surface area contributed by atoms with E-state index >= 15 is 0 Å². The Morgan fingerprint density at radius 1 is 0.903 bits per heavy atom. The van der Waals surface area contributed by atoms with Crippen molar-refractivity contribution in [2.45, 2.75) is 6.04 Å². The second-order valence-electron chi connectivity index (χ2n) is 8.01. The lowest BCUT2D eigenvalue weighted by molar-refractivity contribution is -0.137. The van der Waals surface area contributed by atoms with Gasteiger partial charge in [0.2, 0.25) is 5.91 Å². The highest BCUT2D eigenvalue weighted by Crippen LogP contribution is 2.27. The number of carbonyl (C=O) groups excluding carboxylic acids is 1. The minimum atomic E-state index is -3.01. The monoisotopic (exact) mass is 443 g/mol. The van der Waals surface area contributed by atoms with E-state index in [1.165, 1.54) is 0 Å². The summed E-state index contributed by atoms with van der Waals surface area (Å²) in [5, 5.41) is 0. The molecule has 2 aliphatic rings. The van der Waals surface area contributed by atoms with Crippen LogP contribution < -0.4 is 9.64 Å². The molecule has 2 saturated heterocycles. The Kier molecular flexibility index (Phi) is 6.48. The number of nitrogens with zero attached hydrogens (tertiary/aromatic N) is 3. The van der Waals surface area contributed by atoms with Crippen molar-refractivity contribution < 1.29 is 17.9 Å². The fourth-order valence-electron chi connectivity index (χ4n) is 4.29. The molecule has 0 spiro atoms. The first-order valence-corrected chi connectivity index (χ1v) is 12.5. The van der Waals surface area contributed by atoms with E-state index in [4.69, 9.17) is 4.74 Å². The second kappa shape index (κ2) is 9.28. The van der Waals surface area contributed by atoms with Crippen molar-refractivity contribution in [2.24, 2.45) is 0 Å². The van der Waals surface area contributed by atoms with Crippen LogP contribution in [0.1, 0.15) is 11.6 Å². The fraction of sp³-hybridized carbons (Fsp3) is 0.435. The molecule has 1 amide bonds. The molecule has 0 radical (unpaired) electrons. The molecule has 2 heterocycles. The number of hydrogen-bond donors (Lipinski definition) is 0. The maximum Gasteiger partial charge on any atom is 0.244 e. The Balaban J connectivity index is 1.47. The van der Waals surface area contributed by atoms with Gasteiger partial charge in [-0.2, -0.15) is 0 Å². The molecule has 0 saturated carbocycles. The SMILES string of the molecule is COc1cccc(N2CCN(C(=O)C(c3ccccc3)N3CCS(=O)(=O)CC3)CC2)c1. The first-order valence-electron chi connectivity index (χ1n) is 10.6. The standard InChI is InChI=1S/C23H29N3O4S/c1-30-21-9-5-8-20(18-21)24-10-12-26(13-11-24)23(27)22(19-6-3-2-4-7-19)25-14-16-31(28,29)17-15-25/h2-9,18,22H,10-17H2,1H3. The fourth-order valence-corrected chi connectivity index (χ4v) is 5.52. The summed E-state index contributed by atoms with van der Waals surface area (Å²) in [6, 6.07) is 17.2. The van der Waals surface area contributed by atoms with E-state index in [1.54, 1.807) is 7.11 Å². The van der Waals surface area contributed by atoms with Crippen LogP contribution in [0.4, 0.5) is 5.69 Å². The van der Waals surface area contributed by atoms with Gasteiger partial charge in [0, 0.05) is 51.0 Å². The summed E-state index contributed by atoms with van der Waals surface area (Å²) < 4.78 is 29.1. The van der Waals surface area contributed by atoms with Crippen LogP contribution in [0.25, 0.3) is 0 Å². The highest BCUT2D eigenvalue weighted by Gasteiger charge is 2.35. The molecule has 166 valence electrons. The lowest BCUT2D eigenvalue weighted by atomic mass is 10.0. The van der Waals surface area contributed by atoms with Gasteiger partial charge in [-0.05, 0) is 17.7 Å². The highest BCUT2D eigenvalue weighted by atomic mass is 32.2. The van der Waals surface area contributed by atoms with Gasteiger partial charge in [-0.25, -0.2) is 8.42 Å². The number of piperazine rings is 1. The molecule has 4 rings (SSSR count). The average molecular weight is 444 g/mol. The summed E-state index contributed by atoms with van der Waals surface area (Å²) in [6.07, 6.45) is 0. The molecule has 1 unspecified atom stereocenters. The molecule has 7 nitrogen and oxygen atoms in total. The first-order chi connectivity index (χ1) is 15.0. The number of rotatable bonds is 5. The molecule has 2 fully saturated rings. The van der Waals surface area contributed by atoms with Gasteiger partial charge in [0.15, 0.2) is 9.84 Å². The van der Waals surface area contributed by atoms with Gasteiger partial charge in [-0.15, -0.1) is 0 Å². The number of amides is 1. The van der Waals surface area contributed by atoms with Crippen LogP contribution >= 0.6 is 0 Å². The van der Waals surface area contributed by atoms with E-state index in [0.29, 0.717) is 26.2 Å². The third-order valence-electron chi connectivity index (χ3n) is 6.10. The van der Waals surface area contributed by atoms with Crippen LogP contribution in [0.2, 0.25) is 0 Å². The number of hydrogen-bond acceptors (Lipinski definition) is 6. The molecule has 0 aliphatic carbocycles. The van der Waals surface area contributed by atoms with Crippen molar-refractivity contribution >= 4 is 21.4 Å². The predicted octanol–water partition coefficient (Wildman–Crippen LogP) is 1.82. The zero-order chi connectivity index (χ0) is 21.8. The lowest BCUT2D eigenvalue weighted by Crippen LogP contribution is -2.54. The molecule has 2 aromatic carbocycles. The maximum absolute atomic E-state index is 13.6. The summed E-state index contributed by atoms with van der Waals surface area (Å²) in [7, 11) is -1.35. The quantitative estimate of drug-likeness (QED) is 0.702. The molecule has 0 aromatic heterocycles. The van der Waals surface area contributed by atoms with Crippen molar-refractivity contribution in [3.05, 3.63) is 60.2 Å². The van der Waals surface area contributed by atoms with Gasteiger partial charge >= 0.3 is 0 Å². The molecular weight excluding hydrogens is 414 g/mol. The highest BCUT2D eigenvalue weighted by molar-refractivity contribution is 7.91. The molecular formula is C23H29N3O4S. The van der Waals surface area contributed by atoms with Crippen molar-refractivity contribution in [1.29, 1.82) is 0 Å². The number of benzene rings is 2. The van der Waals surface area contributed by atoms with Crippen molar-refractivity contribution in [1.82, 2.24) is 9.80 Å². The van der Waals surface area contributed by atoms with E-state index < -0.39 is 15.9 Å². The van der Waals surface area contributed by atoms with Gasteiger partial charge in [0.05, 0.1) is 18.6 Å². The zero-order valence-corrected chi connectivity index (χ0v) is 18.6. The molecule has 2 aliphatic heterocycles. The van der Waals surface area contributed by atoms with E-state index in [2.05, 4.69) is 11.0 Å². The normalized spacial score (nSPS) is 20.3. The number of sulfone groups is 1. The Hall–Kier alpha value is -2.58. The van der Waals surface area contributed by atoms with Crippen LogP contribution in [0, 0.1) is 0 Å². The number of carbonyl (C=O) groups is 1. The second-order valence-corrected chi connectivity index (χ2v) is 10.3. The van der Waals surface area contributed by atoms with Crippen LogP contribution in [-0.2, 0) is 14.6 Å². The minimum Gasteiger partial charge on any atom is -0.497 e. The van der Waals surface area contributed by atoms with E-state index in [1.807, 2.05) is 58.3 Å². The van der Waals surface area contributed by atoms with Crippen molar-refractivity contribution in [2.75, 3.05) is 62.8 Å². The van der Waals surface area contributed by atoms with Gasteiger partial charge in [-0.1, -0.05) is 36.4 Å². The third kappa shape index (κ3) is 5.02. The average Bonchev–Trinajstić information content (AvgIpc) is 2.81. The topological polar surface area (TPSA) is 70.2 Å². The van der Waals surface area contributed by atoms with Crippen molar-refractivity contribution in [3.8, 4) is 5.75 Å². The predicted molar refractivity (Wildman–Crippen MR) is 121 cm³/mol. The lowest BCUT2D eigenvalue weighted by Gasteiger charge is -2.40. The summed E-state index contributed by atoms with van der Waals surface area (Å²) in [4.78, 5) is 19.8. The minimum absolute atomic E-state index is 0.0517. The number of anilines is 1. The van der Waals surface area contributed by atoms with Gasteiger partial charge in [0.25, 0.3) is 0 Å². The maximum atomic E-state index is 13.6. The molecule has 2 aromatic rings. The summed E-state index contributed by atoms with van der Waals surface area (Å²) in [5.74, 6) is 1.08. The summed E-state index contributed by atoms with van der Waals surface area (Å²) in [6.45, 7) is 3.52. The van der Waals surface area contributed by atoms with Crippen LogP contribution in [0.5, 0.6) is 5.75 Å². The van der Waals surface area contributed by atoms with E-state index in [-0.39, 0.29) is 17.4 Å². The third-order valence-corrected chi connectivity index (χ3v) is 7.71. The molecule has 31 heavy (non-hydrogen) atoms. The Morgan fingerprint density at radius 2 is 1.58 bits per heavy atom. The molecule has 0 bridgehead atoms. The number of ether oxygens (including phenoxy) is 1. The van der Waals surface area contributed by atoms with Crippen LogP contribution in [-0.4, -0.2) is 82.0 Å². The molecule has 0 N–H and O–H groups in total. The van der Waals surface area contributed by atoms with Crippen molar-refractivity contribution in [3.63, 3.8) is 0 Å². The first kappa shape index (κ1) is 21.6. The largest absolute Gasteiger partial charge is 0.497 e. The Bertz CT molecular complexity index is 990. The molecule has 8 heteroatoms. The summed E-state index contributed by atoms with van der Waals surface area (Å²) >= 11 is 0. The van der Waals surface area contributed by atoms with Gasteiger partial charge < -0.3 is 14.5 Å². The Morgan fingerprint density at radius 3 is 2.23 bits per heavy atom. The Labute approximate surface area is 184 Å². The zero-order valence-electron chi connectivity index (χ0n) is 17.8.